The second kappa shape index (κ2) is 13.0. The molecule has 0 aliphatic heterocycles. The summed E-state index contributed by atoms with van der Waals surface area (Å²) in [4.78, 5) is 27.6. The number of nitrogens with zero attached hydrogens (tertiary/aromatic N) is 1. The van der Waals surface area contributed by atoms with Crippen molar-refractivity contribution in [2.45, 2.75) is 59.0 Å². The van der Waals surface area contributed by atoms with Crippen molar-refractivity contribution in [2.24, 2.45) is 0 Å². The number of amides is 2. The number of carbonyl (C=O) groups is 2. The third-order valence-corrected chi connectivity index (χ3v) is 5.58. The van der Waals surface area contributed by atoms with Crippen molar-refractivity contribution >= 4 is 23.4 Å². The van der Waals surface area contributed by atoms with Crippen molar-refractivity contribution < 1.29 is 14.3 Å². The van der Waals surface area contributed by atoms with Crippen molar-refractivity contribution in [3.05, 3.63) is 64.7 Å². The molecule has 2 aromatic carbocycles. The summed E-state index contributed by atoms with van der Waals surface area (Å²) < 4.78 is 5.73. The zero-order chi connectivity index (χ0) is 22.6. The normalized spacial score (nSPS) is 11.6. The number of benzene rings is 2. The van der Waals surface area contributed by atoms with Crippen LogP contribution in [0.5, 0.6) is 5.75 Å². The van der Waals surface area contributed by atoms with Gasteiger partial charge in [0.25, 0.3) is 5.91 Å². The molecule has 0 unspecified atom stereocenters. The SMILES string of the molecule is CCCCNC(=O)[C@@H](CC)N(Cc1ccccc1Cl)C(=O)COc1ccc(CC)cc1. The van der Waals surface area contributed by atoms with Crippen LogP contribution in [0.3, 0.4) is 0 Å². The van der Waals surface area contributed by atoms with E-state index in [9.17, 15) is 9.59 Å². The van der Waals surface area contributed by atoms with Gasteiger partial charge in [0, 0.05) is 18.1 Å². The van der Waals surface area contributed by atoms with Crippen molar-refractivity contribution in [3.63, 3.8) is 0 Å². The van der Waals surface area contributed by atoms with Crippen molar-refractivity contribution in [2.75, 3.05) is 13.2 Å². The van der Waals surface area contributed by atoms with Gasteiger partial charge in [-0.05, 0) is 48.6 Å². The Morgan fingerprint density at radius 2 is 1.77 bits per heavy atom. The van der Waals surface area contributed by atoms with Gasteiger partial charge in [-0.3, -0.25) is 9.59 Å². The van der Waals surface area contributed by atoms with Crippen molar-refractivity contribution in [1.82, 2.24) is 10.2 Å². The van der Waals surface area contributed by atoms with Crippen LogP contribution >= 0.6 is 11.6 Å². The summed E-state index contributed by atoms with van der Waals surface area (Å²) in [5.74, 6) is 0.226. The van der Waals surface area contributed by atoms with Gasteiger partial charge in [0.1, 0.15) is 11.8 Å². The van der Waals surface area contributed by atoms with Gasteiger partial charge in [0.15, 0.2) is 6.61 Å². The van der Waals surface area contributed by atoms with Crippen LogP contribution in [0, 0.1) is 0 Å². The highest BCUT2D eigenvalue weighted by molar-refractivity contribution is 6.31. The molecule has 0 aliphatic carbocycles. The molecule has 0 saturated heterocycles. The third-order valence-electron chi connectivity index (χ3n) is 5.21. The quantitative estimate of drug-likeness (QED) is 0.468. The molecule has 0 spiro atoms. The Hall–Kier alpha value is -2.53. The zero-order valence-corrected chi connectivity index (χ0v) is 19.5. The van der Waals surface area contributed by atoms with E-state index in [-0.39, 0.29) is 25.0 Å². The molecule has 0 heterocycles. The van der Waals surface area contributed by atoms with Gasteiger partial charge < -0.3 is 15.0 Å². The number of nitrogens with one attached hydrogen (secondary N) is 1. The molecule has 0 aromatic heterocycles. The highest BCUT2D eigenvalue weighted by atomic mass is 35.5. The Labute approximate surface area is 190 Å². The standard InChI is InChI=1S/C25H33ClN2O3/c1-4-7-16-27-25(30)23(6-3)28(17-20-10-8-9-11-22(20)26)24(29)18-31-21-14-12-19(5-2)13-15-21/h8-15,23H,4-7,16-18H2,1-3H3,(H,27,30)/t23-/m1/s1. The van der Waals surface area contributed by atoms with Gasteiger partial charge in [-0.1, -0.05) is 69.1 Å². The molecule has 168 valence electrons. The largest absolute Gasteiger partial charge is 0.484 e. The number of aryl methyl sites for hydroxylation is 1. The number of hydrogen-bond donors (Lipinski definition) is 1. The fourth-order valence-corrected chi connectivity index (χ4v) is 3.48. The summed E-state index contributed by atoms with van der Waals surface area (Å²) in [5, 5.41) is 3.52. The Kier molecular flexibility index (Phi) is 10.4. The number of carbonyl (C=O) groups excluding carboxylic acids is 2. The predicted octanol–water partition coefficient (Wildman–Crippen LogP) is 5.00. The Morgan fingerprint density at radius 3 is 2.39 bits per heavy atom. The van der Waals surface area contributed by atoms with Gasteiger partial charge in [-0.2, -0.15) is 0 Å². The maximum absolute atomic E-state index is 13.2. The van der Waals surface area contributed by atoms with E-state index in [1.165, 1.54) is 5.56 Å². The first-order valence-electron chi connectivity index (χ1n) is 11.0. The number of halogens is 1. The smallest absolute Gasteiger partial charge is 0.261 e. The molecule has 5 nitrogen and oxygen atoms in total. The van der Waals surface area contributed by atoms with Crippen LogP contribution in [0.2, 0.25) is 5.02 Å². The van der Waals surface area contributed by atoms with Crippen molar-refractivity contribution in [1.29, 1.82) is 0 Å². The monoisotopic (exact) mass is 444 g/mol. The summed E-state index contributed by atoms with van der Waals surface area (Å²) in [6, 6.07) is 14.5. The van der Waals surface area contributed by atoms with Crippen LogP contribution in [0.25, 0.3) is 0 Å². The van der Waals surface area contributed by atoms with E-state index in [0.29, 0.717) is 23.7 Å². The van der Waals surface area contributed by atoms with Crippen LogP contribution in [0.15, 0.2) is 48.5 Å². The average molecular weight is 445 g/mol. The minimum atomic E-state index is -0.591. The third kappa shape index (κ3) is 7.59. The average Bonchev–Trinajstić information content (AvgIpc) is 2.79. The molecule has 31 heavy (non-hydrogen) atoms. The number of rotatable bonds is 12. The summed E-state index contributed by atoms with van der Waals surface area (Å²) in [5.41, 5.74) is 2.00. The summed E-state index contributed by atoms with van der Waals surface area (Å²) >= 11 is 6.33. The lowest BCUT2D eigenvalue weighted by molar-refractivity contribution is -0.143. The molecule has 2 aromatic rings. The fourth-order valence-electron chi connectivity index (χ4n) is 3.29. The lowest BCUT2D eigenvalue weighted by Crippen LogP contribution is -2.50. The Balaban J connectivity index is 2.16. The maximum atomic E-state index is 13.2. The Morgan fingerprint density at radius 1 is 1.06 bits per heavy atom. The molecule has 0 aliphatic rings. The van der Waals surface area contributed by atoms with Crippen LogP contribution in [-0.2, 0) is 22.6 Å². The molecule has 0 radical (unpaired) electrons. The molecule has 2 rings (SSSR count). The van der Waals surface area contributed by atoms with E-state index in [4.69, 9.17) is 16.3 Å². The summed E-state index contributed by atoms with van der Waals surface area (Å²) in [6.45, 7) is 6.76. The minimum absolute atomic E-state index is 0.144. The molecule has 6 heteroatoms. The number of unbranched alkanes of at least 4 members (excludes halogenated alkanes) is 1. The topological polar surface area (TPSA) is 58.6 Å². The highest BCUT2D eigenvalue weighted by Gasteiger charge is 2.29. The Bertz CT molecular complexity index is 839. The molecule has 0 fully saturated rings. The van der Waals surface area contributed by atoms with Gasteiger partial charge >= 0.3 is 0 Å². The highest BCUT2D eigenvalue weighted by Crippen LogP contribution is 2.20. The van der Waals surface area contributed by atoms with Gasteiger partial charge in [-0.15, -0.1) is 0 Å². The molecule has 0 saturated carbocycles. The van der Waals surface area contributed by atoms with Crippen LogP contribution in [-0.4, -0.2) is 35.9 Å². The van der Waals surface area contributed by atoms with Gasteiger partial charge in [0.05, 0.1) is 0 Å². The summed E-state index contributed by atoms with van der Waals surface area (Å²) in [6.07, 6.45) is 3.33. The first kappa shape index (κ1) is 24.7. The van der Waals surface area contributed by atoms with Gasteiger partial charge in [0.2, 0.25) is 5.91 Å². The van der Waals surface area contributed by atoms with Crippen LogP contribution < -0.4 is 10.1 Å². The van der Waals surface area contributed by atoms with Gasteiger partial charge in [-0.25, -0.2) is 0 Å². The van der Waals surface area contributed by atoms with E-state index in [1.807, 2.05) is 49.4 Å². The molecule has 0 bridgehead atoms. The van der Waals surface area contributed by atoms with Crippen molar-refractivity contribution in [3.8, 4) is 5.75 Å². The maximum Gasteiger partial charge on any atom is 0.261 e. The first-order chi connectivity index (χ1) is 15.0. The predicted molar refractivity (Wildman–Crippen MR) is 125 cm³/mol. The first-order valence-corrected chi connectivity index (χ1v) is 11.4. The second-order valence-corrected chi connectivity index (χ2v) is 7.88. The molecule has 1 atom stereocenters. The van der Waals surface area contributed by atoms with Crippen LogP contribution in [0.4, 0.5) is 0 Å². The molecular formula is C25H33ClN2O3. The fraction of sp³-hybridized carbons (Fsp3) is 0.440. The van der Waals surface area contributed by atoms with E-state index in [1.54, 1.807) is 11.0 Å². The molecule has 2 amide bonds. The molecule has 1 N–H and O–H groups in total. The number of ether oxygens (including phenoxy) is 1. The zero-order valence-electron chi connectivity index (χ0n) is 18.7. The lowest BCUT2D eigenvalue weighted by Gasteiger charge is -2.31. The van der Waals surface area contributed by atoms with E-state index in [2.05, 4.69) is 19.2 Å². The lowest BCUT2D eigenvalue weighted by atomic mass is 10.1. The molecular weight excluding hydrogens is 412 g/mol. The summed E-state index contributed by atoms with van der Waals surface area (Å²) in [7, 11) is 0. The van der Waals surface area contributed by atoms with E-state index in [0.717, 1.165) is 24.8 Å². The van der Waals surface area contributed by atoms with E-state index >= 15 is 0 Å². The second-order valence-electron chi connectivity index (χ2n) is 7.47. The van der Waals surface area contributed by atoms with Crippen LogP contribution in [0.1, 0.15) is 51.2 Å². The minimum Gasteiger partial charge on any atom is -0.484 e. The number of hydrogen-bond acceptors (Lipinski definition) is 3. The van der Waals surface area contributed by atoms with E-state index < -0.39 is 6.04 Å².